The molecule has 0 bridgehead atoms. The summed E-state index contributed by atoms with van der Waals surface area (Å²) in [7, 11) is 0. The van der Waals surface area contributed by atoms with E-state index in [0.29, 0.717) is 6.04 Å². The molecular formula is C6H15NSn+2. The average Bonchev–Trinajstić information content (AvgIpc) is 1.66. The van der Waals surface area contributed by atoms with Crippen molar-refractivity contribution in [2.24, 2.45) is 5.73 Å². The molecule has 0 aromatic carbocycles. The Morgan fingerprint density at radius 1 is 1.62 bits per heavy atom. The van der Waals surface area contributed by atoms with Gasteiger partial charge in [0.15, 0.2) is 0 Å². The summed E-state index contributed by atoms with van der Waals surface area (Å²) < 4.78 is 2.94. The van der Waals surface area contributed by atoms with Crippen molar-refractivity contribution in [1.29, 1.82) is 0 Å². The van der Waals surface area contributed by atoms with Gasteiger partial charge in [-0.2, -0.15) is 0 Å². The molecular weight excluding hydrogens is 205 g/mol. The summed E-state index contributed by atoms with van der Waals surface area (Å²) in [5.74, 6) is 0. The second kappa shape index (κ2) is 5.89. The van der Waals surface area contributed by atoms with Gasteiger partial charge in [-0.15, -0.1) is 0 Å². The van der Waals surface area contributed by atoms with Crippen LogP contribution in [0.15, 0.2) is 0 Å². The molecule has 8 heavy (non-hydrogen) atoms. The Kier molecular flexibility index (Phi) is 6.45. The minimum absolute atomic E-state index is 0.0669. The first kappa shape index (κ1) is 8.76. The van der Waals surface area contributed by atoms with Crippen molar-refractivity contribution in [3.8, 4) is 0 Å². The number of nitrogens with two attached hydrogens (primary N) is 1. The van der Waals surface area contributed by atoms with Gasteiger partial charge in [-0.3, -0.25) is 0 Å². The molecule has 0 saturated carbocycles. The Morgan fingerprint density at radius 3 is 2.62 bits per heavy atom. The SMILES string of the molecule is C[CH2][Sn+2][CH2]CC(C)N. The number of rotatable bonds is 4. The van der Waals surface area contributed by atoms with Gasteiger partial charge >= 0.3 is 62.1 Å². The molecule has 0 radical (unpaired) electrons. The molecule has 0 saturated heterocycles. The summed E-state index contributed by atoms with van der Waals surface area (Å²) in [6, 6.07) is 0.447. The third kappa shape index (κ3) is 6.76. The maximum atomic E-state index is 5.56. The summed E-state index contributed by atoms with van der Waals surface area (Å²) in [5.41, 5.74) is 5.56. The molecule has 0 heterocycles. The Labute approximate surface area is 62.2 Å². The molecule has 2 heteroatoms. The van der Waals surface area contributed by atoms with Crippen molar-refractivity contribution in [1.82, 2.24) is 0 Å². The molecule has 46 valence electrons. The third-order valence-corrected chi connectivity index (χ3v) is 4.29. The zero-order chi connectivity index (χ0) is 6.41. The van der Waals surface area contributed by atoms with Crippen molar-refractivity contribution in [3.05, 3.63) is 0 Å². The van der Waals surface area contributed by atoms with E-state index in [1.165, 1.54) is 15.3 Å². The van der Waals surface area contributed by atoms with Gasteiger partial charge in [0.25, 0.3) is 0 Å². The molecule has 0 rings (SSSR count). The summed E-state index contributed by atoms with van der Waals surface area (Å²) in [6.07, 6.45) is 1.26. The van der Waals surface area contributed by atoms with E-state index in [1.54, 1.807) is 0 Å². The fraction of sp³-hybridized carbons (Fsp3) is 1.00. The maximum absolute atomic E-state index is 5.56. The van der Waals surface area contributed by atoms with Gasteiger partial charge in [0.2, 0.25) is 0 Å². The van der Waals surface area contributed by atoms with Crippen molar-refractivity contribution in [2.45, 2.75) is 35.2 Å². The summed E-state index contributed by atoms with van der Waals surface area (Å²) >= 11 is 0.0669. The van der Waals surface area contributed by atoms with Gasteiger partial charge in [0, 0.05) is 0 Å². The first-order valence-electron chi connectivity index (χ1n) is 3.23. The zero-order valence-corrected chi connectivity index (χ0v) is 8.63. The van der Waals surface area contributed by atoms with Crippen LogP contribution in [-0.4, -0.2) is 27.2 Å². The van der Waals surface area contributed by atoms with Gasteiger partial charge in [0.1, 0.15) is 0 Å². The van der Waals surface area contributed by atoms with E-state index in [0.717, 1.165) is 0 Å². The van der Waals surface area contributed by atoms with Crippen LogP contribution in [0.25, 0.3) is 0 Å². The van der Waals surface area contributed by atoms with Crippen LogP contribution in [0, 0.1) is 0 Å². The van der Waals surface area contributed by atoms with Crippen molar-refractivity contribution < 1.29 is 0 Å². The normalized spacial score (nSPS) is 12.9. The average molecular weight is 220 g/mol. The van der Waals surface area contributed by atoms with Gasteiger partial charge < -0.3 is 0 Å². The van der Waals surface area contributed by atoms with E-state index in [9.17, 15) is 0 Å². The first-order valence-corrected chi connectivity index (χ1v) is 7.27. The summed E-state index contributed by atoms with van der Waals surface area (Å²) in [4.78, 5) is 0. The Balaban J connectivity index is 2.72. The second-order valence-electron chi connectivity index (χ2n) is 2.12. The van der Waals surface area contributed by atoms with E-state index >= 15 is 0 Å². The summed E-state index contributed by atoms with van der Waals surface area (Å²) in [6.45, 7) is 4.38. The molecule has 0 aliphatic carbocycles. The molecule has 0 aliphatic rings. The van der Waals surface area contributed by atoms with Gasteiger partial charge in [-0.1, -0.05) is 0 Å². The van der Waals surface area contributed by atoms with Crippen LogP contribution >= 0.6 is 0 Å². The Hall–Kier alpha value is 0.759. The van der Waals surface area contributed by atoms with E-state index in [2.05, 4.69) is 13.8 Å². The topological polar surface area (TPSA) is 26.0 Å². The zero-order valence-electron chi connectivity index (χ0n) is 5.78. The predicted molar refractivity (Wildman–Crippen MR) is 39.3 cm³/mol. The molecule has 1 nitrogen and oxygen atoms in total. The number of hydrogen-bond acceptors (Lipinski definition) is 1. The van der Waals surface area contributed by atoms with Crippen LogP contribution in [0.2, 0.25) is 8.87 Å². The summed E-state index contributed by atoms with van der Waals surface area (Å²) in [5, 5.41) is 0. The molecule has 2 N–H and O–H groups in total. The quantitative estimate of drug-likeness (QED) is 0.560. The predicted octanol–water partition coefficient (Wildman–Crippen LogP) is 1.28. The van der Waals surface area contributed by atoms with Crippen molar-refractivity contribution >= 4 is 21.1 Å². The standard InChI is InChI=1S/C4H10N.C2H5.Sn/c1-3-4(2)5;1-2;/h4H,1,3,5H2,2H3;1H2,2H3;/q;;+2. The van der Waals surface area contributed by atoms with Gasteiger partial charge in [0.05, 0.1) is 0 Å². The molecule has 0 aromatic heterocycles. The molecule has 0 aromatic rings. The Morgan fingerprint density at radius 2 is 2.25 bits per heavy atom. The van der Waals surface area contributed by atoms with Crippen LogP contribution in [0.4, 0.5) is 0 Å². The Bertz CT molecular complexity index is 45.8. The van der Waals surface area contributed by atoms with E-state index in [4.69, 9.17) is 5.73 Å². The van der Waals surface area contributed by atoms with E-state index in [1.807, 2.05) is 0 Å². The fourth-order valence-electron chi connectivity index (χ4n) is 0.507. The van der Waals surface area contributed by atoms with Gasteiger partial charge in [-0.25, -0.2) is 0 Å². The fourth-order valence-corrected chi connectivity index (χ4v) is 3.40. The molecule has 0 aliphatic heterocycles. The molecule has 0 amide bonds. The van der Waals surface area contributed by atoms with E-state index < -0.39 is 0 Å². The van der Waals surface area contributed by atoms with Crippen molar-refractivity contribution in [3.63, 3.8) is 0 Å². The van der Waals surface area contributed by atoms with Crippen LogP contribution in [-0.2, 0) is 0 Å². The van der Waals surface area contributed by atoms with Crippen LogP contribution < -0.4 is 5.73 Å². The van der Waals surface area contributed by atoms with Crippen LogP contribution in [0.1, 0.15) is 20.3 Å². The molecule has 0 spiro atoms. The van der Waals surface area contributed by atoms with Gasteiger partial charge in [-0.05, 0) is 0 Å². The molecule has 1 atom stereocenters. The van der Waals surface area contributed by atoms with Crippen molar-refractivity contribution in [2.75, 3.05) is 0 Å². The number of hydrogen-bond donors (Lipinski definition) is 1. The first-order chi connectivity index (χ1) is 3.77. The molecule has 0 fully saturated rings. The minimum atomic E-state index is 0.0669. The third-order valence-electron chi connectivity index (χ3n) is 1.03. The molecule has 1 unspecified atom stereocenters. The second-order valence-corrected chi connectivity index (χ2v) is 6.99. The monoisotopic (exact) mass is 221 g/mol. The van der Waals surface area contributed by atoms with Crippen LogP contribution in [0.5, 0.6) is 0 Å². The van der Waals surface area contributed by atoms with Crippen LogP contribution in [0.3, 0.4) is 0 Å². The van der Waals surface area contributed by atoms with E-state index in [-0.39, 0.29) is 21.1 Å².